The van der Waals surface area contributed by atoms with Gasteiger partial charge in [-0.05, 0) is 48.0 Å². The van der Waals surface area contributed by atoms with Gasteiger partial charge in [0.2, 0.25) is 5.91 Å². The maximum Gasteiger partial charge on any atom is 0.275 e. The van der Waals surface area contributed by atoms with Crippen LogP contribution in [0, 0.1) is 0 Å². The third-order valence-corrected chi connectivity index (χ3v) is 4.60. The van der Waals surface area contributed by atoms with Gasteiger partial charge in [-0.2, -0.15) is 5.10 Å². The lowest BCUT2D eigenvalue weighted by atomic mass is 10.1. The molecule has 0 aliphatic carbocycles. The lowest BCUT2D eigenvalue weighted by Gasteiger charge is -2.08. The summed E-state index contributed by atoms with van der Waals surface area (Å²) in [4.78, 5) is 24.6. The van der Waals surface area contributed by atoms with E-state index in [2.05, 4.69) is 15.8 Å². The van der Waals surface area contributed by atoms with Crippen LogP contribution in [0.5, 0.6) is 11.5 Å². The van der Waals surface area contributed by atoms with Crippen LogP contribution in [0.25, 0.3) is 10.8 Å². The van der Waals surface area contributed by atoms with Gasteiger partial charge in [-0.1, -0.05) is 35.9 Å². The summed E-state index contributed by atoms with van der Waals surface area (Å²) in [6, 6.07) is 15.4. The maximum absolute atomic E-state index is 12.4. The van der Waals surface area contributed by atoms with E-state index in [0.29, 0.717) is 22.2 Å². The molecule has 30 heavy (non-hydrogen) atoms. The minimum Gasteiger partial charge on any atom is -0.507 e. The van der Waals surface area contributed by atoms with Crippen molar-refractivity contribution in [2.24, 2.45) is 5.10 Å². The van der Waals surface area contributed by atoms with Gasteiger partial charge in [-0.15, -0.1) is 0 Å². The van der Waals surface area contributed by atoms with E-state index in [9.17, 15) is 14.7 Å². The number of ether oxygens (including phenoxy) is 1. The van der Waals surface area contributed by atoms with E-state index in [1.165, 1.54) is 13.2 Å². The number of benzene rings is 3. The van der Waals surface area contributed by atoms with Crippen molar-refractivity contribution in [3.8, 4) is 11.5 Å². The third kappa shape index (κ3) is 5.07. The van der Waals surface area contributed by atoms with E-state index in [1.807, 2.05) is 24.3 Å². The average molecular weight is 426 g/mol. The third-order valence-electron chi connectivity index (χ3n) is 4.31. The van der Waals surface area contributed by atoms with Crippen LogP contribution in [0.4, 0.5) is 5.69 Å². The molecule has 0 heterocycles. The van der Waals surface area contributed by atoms with Gasteiger partial charge in [0.05, 0.1) is 24.1 Å². The van der Waals surface area contributed by atoms with Gasteiger partial charge in [0, 0.05) is 11.4 Å². The fourth-order valence-electron chi connectivity index (χ4n) is 2.84. The SMILES string of the molecule is COc1ccc(NC(=O)CC(C)=NNC(=O)c2cc3ccccc3cc2O)cc1Cl. The molecule has 0 saturated heterocycles. The topological polar surface area (TPSA) is 100 Å². The van der Waals surface area contributed by atoms with Crippen LogP contribution >= 0.6 is 11.6 Å². The van der Waals surface area contributed by atoms with Gasteiger partial charge < -0.3 is 15.2 Å². The number of anilines is 1. The first-order chi connectivity index (χ1) is 14.4. The number of carbonyl (C=O) groups is 2. The van der Waals surface area contributed by atoms with Crippen molar-refractivity contribution in [2.45, 2.75) is 13.3 Å². The van der Waals surface area contributed by atoms with Crippen LogP contribution in [-0.2, 0) is 4.79 Å². The second-order valence-corrected chi connectivity index (χ2v) is 6.99. The number of carbonyl (C=O) groups excluding carboxylic acids is 2. The fraction of sp³-hybridized carbons (Fsp3) is 0.136. The van der Waals surface area contributed by atoms with Gasteiger partial charge in [0.25, 0.3) is 5.91 Å². The molecule has 0 aromatic heterocycles. The van der Waals surface area contributed by atoms with Crippen molar-refractivity contribution >= 4 is 45.6 Å². The molecule has 3 aromatic rings. The Kier molecular flexibility index (Phi) is 6.54. The van der Waals surface area contributed by atoms with Crippen LogP contribution in [0.3, 0.4) is 0 Å². The summed E-state index contributed by atoms with van der Waals surface area (Å²) in [7, 11) is 1.51. The first-order valence-corrected chi connectivity index (χ1v) is 9.44. The molecule has 8 heteroatoms. The number of hydrogen-bond acceptors (Lipinski definition) is 5. The van der Waals surface area contributed by atoms with Gasteiger partial charge in [-0.3, -0.25) is 9.59 Å². The number of hydrogen-bond donors (Lipinski definition) is 3. The van der Waals surface area contributed by atoms with Crippen LogP contribution in [0.2, 0.25) is 5.02 Å². The molecule has 0 bridgehead atoms. The Labute approximate surface area is 178 Å². The average Bonchev–Trinajstić information content (AvgIpc) is 2.71. The number of nitrogens with one attached hydrogen (secondary N) is 2. The molecule has 2 amide bonds. The second-order valence-electron chi connectivity index (χ2n) is 6.58. The number of phenolic OH excluding ortho intramolecular Hbond substituents is 1. The molecule has 0 radical (unpaired) electrons. The second kappa shape index (κ2) is 9.28. The summed E-state index contributed by atoms with van der Waals surface area (Å²) in [6.45, 7) is 1.61. The quantitative estimate of drug-likeness (QED) is 0.404. The standard InChI is InChI=1S/C22H20ClN3O4/c1-13(9-21(28)24-16-7-8-20(30-2)18(23)12-16)25-26-22(29)17-10-14-5-3-4-6-15(14)11-19(17)27/h3-8,10-12,27H,9H2,1-2H3,(H,24,28)(H,26,29). The van der Waals surface area contributed by atoms with E-state index in [4.69, 9.17) is 16.3 Å². The molecular formula is C22H20ClN3O4. The summed E-state index contributed by atoms with van der Waals surface area (Å²) in [5.74, 6) is -0.527. The zero-order valence-electron chi connectivity index (χ0n) is 16.4. The van der Waals surface area contributed by atoms with Crippen LogP contribution in [-0.4, -0.2) is 29.7 Å². The number of halogens is 1. The van der Waals surface area contributed by atoms with Crippen molar-refractivity contribution in [1.29, 1.82) is 0 Å². The molecular weight excluding hydrogens is 406 g/mol. The highest BCUT2D eigenvalue weighted by Gasteiger charge is 2.13. The van der Waals surface area contributed by atoms with Crippen molar-refractivity contribution in [2.75, 3.05) is 12.4 Å². The molecule has 0 saturated carbocycles. The highest BCUT2D eigenvalue weighted by atomic mass is 35.5. The Balaban J connectivity index is 1.62. The molecule has 0 spiro atoms. The zero-order chi connectivity index (χ0) is 21.7. The number of amides is 2. The van der Waals surface area contributed by atoms with Gasteiger partial charge in [0.15, 0.2) is 0 Å². The zero-order valence-corrected chi connectivity index (χ0v) is 17.2. The fourth-order valence-corrected chi connectivity index (χ4v) is 3.10. The monoisotopic (exact) mass is 425 g/mol. The lowest BCUT2D eigenvalue weighted by molar-refractivity contribution is -0.115. The Morgan fingerprint density at radius 3 is 2.47 bits per heavy atom. The van der Waals surface area contributed by atoms with E-state index < -0.39 is 5.91 Å². The van der Waals surface area contributed by atoms with Crippen molar-refractivity contribution in [1.82, 2.24) is 5.43 Å². The summed E-state index contributed by atoms with van der Waals surface area (Å²) in [5.41, 5.74) is 3.38. The molecule has 3 N–H and O–H groups in total. The highest BCUT2D eigenvalue weighted by Crippen LogP contribution is 2.27. The summed E-state index contributed by atoms with van der Waals surface area (Å²) in [5, 5.41) is 18.8. The Bertz CT molecular complexity index is 1140. The molecule has 0 aliphatic heterocycles. The number of nitrogens with zero attached hydrogens (tertiary/aromatic N) is 1. The van der Waals surface area contributed by atoms with Gasteiger partial charge in [0.1, 0.15) is 11.5 Å². The number of hydrazone groups is 1. The normalized spacial score (nSPS) is 11.2. The summed E-state index contributed by atoms with van der Waals surface area (Å²) >= 11 is 6.04. The Hall–Kier alpha value is -3.58. The molecule has 0 atom stereocenters. The maximum atomic E-state index is 12.4. The minimum atomic E-state index is -0.569. The Morgan fingerprint density at radius 1 is 1.10 bits per heavy atom. The van der Waals surface area contributed by atoms with Crippen LogP contribution < -0.4 is 15.5 Å². The minimum absolute atomic E-state index is 0.0341. The number of aromatic hydroxyl groups is 1. The highest BCUT2D eigenvalue weighted by molar-refractivity contribution is 6.32. The van der Waals surface area contributed by atoms with Crippen molar-refractivity contribution in [3.05, 3.63) is 65.2 Å². The van der Waals surface area contributed by atoms with E-state index in [1.54, 1.807) is 31.2 Å². The van der Waals surface area contributed by atoms with E-state index in [0.717, 1.165) is 10.8 Å². The largest absolute Gasteiger partial charge is 0.507 e. The van der Waals surface area contributed by atoms with Gasteiger partial charge in [-0.25, -0.2) is 5.43 Å². The van der Waals surface area contributed by atoms with E-state index >= 15 is 0 Å². The smallest absolute Gasteiger partial charge is 0.275 e. The number of rotatable bonds is 6. The molecule has 154 valence electrons. The Morgan fingerprint density at radius 2 is 1.80 bits per heavy atom. The van der Waals surface area contributed by atoms with Crippen molar-refractivity contribution < 1.29 is 19.4 Å². The molecule has 0 fully saturated rings. The number of fused-ring (bicyclic) bond motifs is 1. The van der Waals surface area contributed by atoms with Crippen molar-refractivity contribution in [3.63, 3.8) is 0 Å². The molecule has 0 aliphatic rings. The first-order valence-electron chi connectivity index (χ1n) is 9.06. The number of methoxy groups -OCH3 is 1. The summed E-state index contributed by atoms with van der Waals surface area (Å²) in [6.07, 6.45) is -0.0341. The molecule has 3 rings (SSSR count). The lowest BCUT2D eigenvalue weighted by Crippen LogP contribution is -2.21. The van der Waals surface area contributed by atoms with Gasteiger partial charge >= 0.3 is 0 Å². The van der Waals surface area contributed by atoms with E-state index in [-0.39, 0.29) is 23.6 Å². The predicted octanol–water partition coefficient (Wildman–Crippen LogP) is 4.34. The first kappa shape index (κ1) is 21.1. The van der Waals surface area contributed by atoms with Crippen LogP contribution in [0.1, 0.15) is 23.7 Å². The predicted molar refractivity (Wildman–Crippen MR) is 117 cm³/mol. The summed E-state index contributed by atoms with van der Waals surface area (Å²) < 4.78 is 5.07. The molecule has 0 unspecified atom stereocenters. The number of phenols is 1. The molecule has 7 nitrogen and oxygen atoms in total. The van der Waals surface area contributed by atoms with Crippen LogP contribution in [0.15, 0.2) is 59.7 Å². The molecule has 3 aromatic carbocycles.